The predicted octanol–water partition coefficient (Wildman–Crippen LogP) is 0.299. The molecule has 1 amide bonds. The first-order chi connectivity index (χ1) is 10.8. The average Bonchev–Trinajstić information content (AvgIpc) is 2.53. The van der Waals surface area contributed by atoms with Crippen molar-refractivity contribution in [3.05, 3.63) is 42.2 Å². The maximum atomic E-state index is 12.9. The van der Waals surface area contributed by atoms with E-state index in [9.17, 15) is 22.4 Å². The third kappa shape index (κ3) is 4.14. The molecule has 0 aromatic heterocycles. The lowest BCUT2D eigenvalue weighted by Gasteiger charge is -2.33. The predicted molar refractivity (Wildman–Crippen MR) is 78.5 cm³/mol. The third-order valence-corrected chi connectivity index (χ3v) is 5.28. The van der Waals surface area contributed by atoms with E-state index < -0.39 is 27.7 Å². The Labute approximate surface area is 132 Å². The topological polar surface area (TPSA) is 95.0 Å². The van der Waals surface area contributed by atoms with Gasteiger partial charge in [-0.25, -0.2) is 17.6 Å². The van der Waals surface area contributed by atoms with Gasteiger partial charge < -0.3 is 10.0 Å². The van der Waals surface area contributed by atoms with Gasteiger partial charge in [0.1, 0.15) is 5.82 Å². The van der Waals surface area contributed by atoms with E-state index in [4.69, 9.17) is 5.11 Å². The second kappa shape index (κ2) is 6.88. The van der Waals surface area contributed by atoms with E-state index >= 15 is 0 Å². The van der Waals surface area contributed by atoms with Gasteiger partial charge in [0, 0.05) is 38.3 Å². The number of amides is 1. The Kier molecular flexibility index (Phi) is 5.12. The van der Waals surface area contributed by atoms with Crippen molar-refractivity contribution in [1.82, 2.24) is 9.21 Å². The number of sulfonamides is 1. The third-order valence-electron chi connectivity index (χ3n) is 3.37. The van der Waals surface area contributed by atoms with E-state index in [1.165, 1.54) is 21.3 Å². The molecule has 1 aliphatic rings. The number of halogens is 1. The highest BCUT2D eigenvalue weighted by Gasteiger charge is 2.29. The first kappa shape index (κ1) is 17.1. The Hall–Kier alpha value is -2.26. The van der Waals surface area contributed by atoms with Crippen molar-refractivity contribution in [2.75, 3.05) is 26.2 Å². The molecular formula is C14H15FN2O5S. The van der Waals surface area contributed by atoms with Crippen molar-refractivity contribution in [2.45, 2.75) is 4.90 Å². The molecule has 2 rings (SSSR count). The van der Waals surface area contributed by atoms with E-state index in [2.05, 4.69) is 0 Å². The first-order valence-electron chi connectivity index (χ1n) is 6.76. The second-order valence-electron chi connectivity index (χ2n) is 4.85. The summed E-state index contributed by atoms with van der Waals surface area (Å²) in [5.74, 6) is -2.23. The number of carboxylic acids is 1. The summed E-state index contributed by atoms with van der Waals surface area (Å²) in [7, 11) is -3.74. The molecule has 0 unspecified atom stereocenters. The molecule has 124 valence electrons. The van der Waals surface area contributed by atoms with Gasteiger partial charge in [0.15, 0.2) is 0 Å². The van der Waals surface area contributed by atoms with E-state index in [1.54, 1.807) is 0 Å². The fourth-order valence-corrected chi connectivity index (χ4v) is 3.57. The number of piperazine rings is 1. The molecule has 0 spiro atoms. The summed E-state index contributed by atoms with van der Waals surface area (Å²) in [5, 5.41) is 8.48. The number of carboxylic acid groups (broad SMARTS) is 1. The molecule has 1 N–H and O–H groups in total. The quantitative estimate of drug-likeness (QED) is 0.794. The minimum Gasteiger partial charge on any atom is -0.478 e. The highest BCUT2D eigenvalue weighted by atomic mass is 32.2. The van der Waals surface area contributed by atoms with Gasteiger partial charge in [0.25, 0.3) is 0 Å². The standard InChI is InChI=1S/C14H15FN2O5S/c15-11-1-3-12(4-2-11)23(21,22)17-9-7-16(8-10-17)13(18)5-6-14(19)20/h1-6H,7-10H2,(H,19,20)/b6-5+. The van der Waals surface area contributed by atoms with Gasteiger partial charge in [0.2, 0.25) is 15.9 Å². The van der Waals surface area contributed by atoms with Crippen LogP contribution in [0.2, 0.25) is 0 Å². The van der Waals surface area contributed by atoms with Gasteiger partial charge in [0.05, 0.1) is 4.90 Å². The lowest BCUT2D eigenvalue weighted by atomic mass is 10.3. The normalized spacial score (nSPS) is 16.7. The molecule has 0 saturated carbocycles. The Morgan fingerprint density at radius 3 is 2.13 bits per heavy atom. The van der Waals surface area contributed by atoms with Crippen LogP contribution in [0.15, 0.2) is 41.3 Å². The van der Waals surface area contributed by atoms with E-state index in [0.717, 1.165) is 24.3 Å². The monoisotopic (exact) mass is 342 g/mol. The molecule has 0 bridgehead atoms. The molecule has 0 aliphatic carbocycles. The molecule has 7 nitrogen and oxygen atoms in total. The Morgan fingerprint density at radius 1 is 1.04 bits per heavy atom. The average molecular weight is 342 g/mol. The zero-order valence-corrected chi connectivity index (χ0v) is 12.9. The summed E-state index contributed by atoms with van der Waals surface area (Å²) in [6, 6.07) is 4.53. The van der Waals surface area contributed by atoms with E-state index in [-0.39, 0.29) is 31.1 Å². The molecule has 1 aromatic rings. The Bertz CT molecular complexity index is 722. The van der Waals surface area contributed by atoms with Crippen LogP contribution in [-0.4, -0.2) is 60.8 Å². The summed E-state index contributed by atoms with van der Waals surface area (Å²) < 4.78 is 38.9. The van der Waals surface area contributed by atoms with Gasteiger partial charge in [-0.2, -0.15) is 4.31 Å². The molecule has 1 fully saturated rings. The van der Waals surface area contributed by atoms with Crippen LogP contribution >= 0.6 is 0 Å². The van der Waals surface area contributed by atoms with Crippen LogP contribution < -0.4 is 0 Å². The molecule has 1 heterocycles. The fourth-order valence-electron chi connectivity index (χ4n) is 2.15. The molecule has 0 atom stereocenters. The Morgan fingerprint density at radius 2 is 1.61 bits per heavy atom. The van der Waals surface area contributed by atoms with Crippen LogP contribution in [0, 0.1) is 5.82 Å². The van der Waals surface area contributed by atoms with Gasteiger partial charge in [-0.15, -0.1) is 0 Å². The van der Waals surface area contributed by atoms with Crippen LogP contribution in [0.25, 0.3) is 0 Å². The second-order valence-corrected chi connectivity index (χ2v) is 6.79. The van der Waals surface area contributed by atoms with Crippen molar-refractivity contribution in [1.29, 1.82) is 0 Å². The maximum absolute atomic E-state index is 12.9. The highest BCUT2D eigenvalue weighted by Crippen LogP contribution is 2.18. The van der Waals surface area contributed by atoms with Crippen LogP contribution in [0.4, 0.5) is 4.39 Å². The number of nitrogens with zero attached hydrogens (tertiary/aromatic N) is 2. The zero-order valence-electron chi connectivity index (χ0n) is 12.1. The highest BCUT2D eigenvalue weighted by molar-refractivity contribution is 7.89. The SMILES string of the molecule is O=C(O)/C=C/C(=O)N1CCN(S(=O)(=O)c2ccc(F)cc2)CC1. The van der Waals surface area contributed by atoms with Gasteiger partial charge >= 0.3 is 5.97 Å². The zero-order chi connectivity index (χ0) is 17.0. The number of hydrogen-bond donors (Lipinski definition) is 1. The van der Waals surface area contributed by atoms with Crippen LogP contribution in [0.1, 0.15) is 0 Å². The molecule has 23 heavy (non-hydrogen) atoms. The number of carbonyl (C=O) groups is 2. The van der Waals surface area contributed by atoms with Crippen LogP contribution in [0.5, 0.6) is 0 Å². The van der Waals surface area contributed by atoms with Gasteiger partial charge in [-0.3, -0.25) is 4.79 Å². The van der Waals surface area contributed by atoms with Gasteiger partial charge in [-0.1, -0.05) is 0 Å². The number of rotatable bonds is 4. The van der Waals surface area contributed by atoms with Crippen LogP contribution in [0.3, 0.4) is 0 Å². The summed E-state index contributed by atoms with van der Waals surface area (Å²) in [6.45, 7) is 0.491. The van der Waals surface area contributed by atoms with E-state index in [0.29, 0.717) is 0 Å². The summed E-state index contributed by atoms with van der Waals surface area (Å²) in [6.07, 6.45) is 1.68. The van der Waals surface area contributed by atoms with Crippen molar-refractivity contribution in [3.8, 4) is 0 Å². The number of carbonyl (C=O) groups excluding carboxylic acids is 1. The molecule has 1 aliphatic heterocycles. The first-order valence-corrected chi connectivity index (χ1v) is 8.20. The fraction of sp³-hybridized carbons (Fsp3) is 0.286. The minimum absolute atomic E-state index is 0.00977. The molecule has 0 radical (unpaired) electrons. The van der Waals surface area contributed by atoms with Crippen molar-refractivity contribution in [3.63, 3.8) is 0 Å². The Balaban J connectivity index is 2.02. The van der Waals surface area contributed by atoms with Crippen molar-refractivity contribution >= 4 is 21.9 Å². The molecule has 1 saturated heterocycles. The smallest absolute Gasteiger partial charge is 0.328 e. The maximum Gasteiger partial charge on any atom is 0.328 e. The summed E-state index contributed by atoms with van der Waals surface area (Å²) in [4.78, 5) is 23.5. The van der Waals surface area contributed by atoms with Crippen LogP contribution in [-0.2, 0) is 19.6 Å². The van der Waals surface area contributed by atoms with Gasteiger partial charge in [-0.05, 0) is 24.3 Å². The summed E-state index contributed by atoms with van der Waals surface area (Å²) >= 11 is 0. The van der Waals surface area contributed by atoms with Crippen molar-refractivity contribution < 1.29 is 27.5 Å². The summed E-state index contributed by atoms with van der Waals surface area (Å²) in [5.41, 5.74) is 0. The van der Waals surface area contributed by atoms with Crippen molar-refractivity contribution in [2.24, 2.45) is 0 Å². The number of benzene rings is 1. The minimum atomic E-state index is -3.74. The number of aliphatic carboxylic acids is 1. The lowest BCUT2D eigenvalue weighted by Crippen LogP contribution is -2.50. The van der Waals surface area contributed by atoms with E-state index in [1.807, 2.05) is 0 Å². The molecule has 1 aromatic carbocycles. The number of hydrogen-bond acceptors (Lipinski definition) is 4. The molecular weight excluding hydrogens is 327 g/mol. The molecule has 9 heteroatoms. The largest absolute Gasteiger partial charge is 0.478 e. The lowest BCUT2D eigenvalue weighted by molar-refractivity contribution is -0.132.